The Bertz CT molecular complexity index is 399. The van der Waals surface area contributed by atoms with E-state index in [4.69, 9.17) is 5.11 Å². The van der Waals surface area contributed by atoms with Crippen LogP contribution in [0.5, 0.6) is 0 Å². The van der Waals surface area contributed by atoms with Crippen LogP contribution in [0.15, 0.2) is 40.9 Å². The van der Waals surface area contributed by atoms with Gasteiger partial charge in [-0.15, -0.1) is 6.58 Å². The highest BCUT2D eigenvalue weighted by Gasteiger charge is 2.18. The molecule has 0 aliphatic rings. The second-order valence-electron chi connectivity index (χ2n) is 3.99. The van der Waals surface area contributed by atoms with E-state index in [1.807, 2.05) is 31.2 Å². The molecule has 0 radical (unpaired) electrons. The van der Waals surface area contributed by atoms with Gasteiger partial charge in [0.2, 0.25) is 0 Å². The average Bonchev–Trinajstić information content (AvgIpc) is 2.19. The fourth-order valence-electron chi connectivity index (χ4n) is 1.60. The van der Waals surface area contributed by atoms with Gasteiger partial charge in [-0.1, -0.05) is 39.7 Å². The third-order valence-electron chi connectivity index (χ3n) is 2.37. The molecule has 1 aromatic carbocycles. The van der Waals surface area contributed by atoms with Gasteiger partial charge in [0.1, 0.15) is 0 Å². The number of hydrogen-bond donors (Lipinski definition) is 1. The number of rotatable bonds is 5. The lowest BCUT2D eigenvalue weighted by molar-refractivity contribution is -0.141. The molecule has 0 heterocycles. The summed E-state index contributed by atoms with van der Waals surface area (Å²) >= 11 is 3.42. The summed E-state index contributed by atoms with van der Waals surface area (Å²) in [5.41, 5.74) is 1.93. The summed E-state index contributed by atoms with van der Waals surface area (Å²) in [6.07, 6.45) is 1.06. The van der Waals surface area contributed by atoms with Crippen molar-refractivity contribution >= 4 is 21.9 Å². The molecule has 1 N–H and O–H groups in total. The topological polar surface area (TPSA) is 37.3 Å². The number of carbonyl (C=O) groups is 1. The van der Waals surface area contributed by atoms with Gasteiger partial charge in [0.25, 0.3) is 0 Å². The van der Waals surface area contributed by atoms with Crippen LogP contribution in [0.4, 0.5) is 0 Å². The van der Waals surface area contributed by atoms with Crippen molar-refractivity contribution in [2.24, 2.45) is 5.92 Å². The molecule has 2 nitrogen and oxygen atoms in total. The lowest BCUT2D eigenvalue weighted by Crippen LogP contribution is -2.17. The van der Waals surface area contributed by atoms with E-state index >= 15 is 0 Å². The van der Waals surface area contributed by atoms with Gasteiger partial charge in [0.05, 0.1) is 5.92 Å². The molecule has 0 bridgehead atoms. The van der Waals surface area contributed by atoms with Crippen LogP contribution < -0.4 is 0 Å². The zero-order valence-electron chi connectivity index (χ0n) is 9.24. The minimum absolute atomic E-state index is 0.392. The standard InChI is InChI=1S/C13H15BrO2/c1-9(2)7-11(13(15)16)8-10-5-3-4-6-12(10)14/h3-6,11H,1,7-8H2,2H3,(H,15,16). The minimum atomic E-state index is -0.765. The highest BCUT2D eigenvalue weighted by Crippen LogP contribution is 2.22. The maximum atomic E-state index is 11.1. The van der Waals surface area contributed by atoms with Crippen LogP contribution in [0.1, 0.15) is 18.9 Å². The van der Waals surface area contributed by atoms with Crippen molar-refractivity contribution in [1.82, 2.24) is 0 Å². The van der Waals surface area contributed by atoms with Crippen molar-refractivity contribution in [3.05, 3.63) is 46.5 Å². The SMILES string of the molecule is C=C(C)CC(Cc1ccccc1Br)C(=O)O. The first-order valence-corrected chi connectivity index (χ1v) is 5.90. The molecule has 3 heteroatoms. The summed E-state index contributed by atoms with van der Waals surface area (Å²) in [5, 5.41) is 9.12. The largest absolute Gasteiger partial charge is 0.481 e. The Labute approximate surface area is 104 Å². The van der Waals surface area contributed by atoms with Gasteiger partial charge >= 0.3 is 5.97 Å². The van der Waals surface area contributed by atoms with E-state index in [1.54, 1.807) is 0 Å². The summed E-state index contributed by atoms with van der Waals surface area (Å²) in [6.45, 7) is 5.62. The van der Waals surface area contributed by atoms with Crippen LogP contribution >= 0.6 is 15.9 Å². The van der Waals surface area contributed by atoms with Crippen molar-refractivity contribution in [2.45, 2.75) is 19.8 Å². The quantitative estimate of drug-likeness (QED) is 0.837. The number of carboxylic acid groups (broad SMARTS) is 1. The lowest BCUT2D eigenvalue weighted by Gasteiger charge is -2.13. The summed E-state index contributed by atoms with van der Waals surface area (Å²) in [5.74, 6) is -1.16. The Morgan fingerprint density at radius 3 is 2.62 bits per heavy atom. The van der Waals surface area contributed by atoms with Crippen LogP contribution in [0.25, 0.3) is 0 Å². The smallest absolute Gasteiger partial charge is 0.307 e. The van der Waals surface area contributed by atoms with E-state index in [-0.39, 0.29) is 0 Å². The molecular weight excluding hydrogens is 268 g/mol. The second-order valence-corrected chi connectivity index (χ2v) is 4.85. The monoisotopic (exact) mass is 282 g/mol. The van der Waals surface area contributed by atoms with Gasteiger partial charge < -0.3 is 5.11 Å². The van der Waals surface area contributed by atoms with Gasteiger partial charge in [-0.3, -0.25) is 4.79 Å². The number of allylic oxidation sites excluding steroid dienone is 1. The van der Waals surface area contributed by atoms with Crippen molar-refractivity contribution in [1.29, 1.82) is 0 Å². The van der Waals surface area contributed by atoms with Crippen LogP contribution in [0.3, 0.4) is 0 Å². The number of aliphatic carboxylic acids is 1. The van der Waals surface area contributed by atoms with E-state index in [9.17, 15) is 4.79 Å². The van der Waals surface area contributed by atoms with Gasteiger partial charge in [0.15, 0.2) is 0 Å². The normalized spacial score (nSPS) is 12.1. The molecule has 86 valence electrons. The summed E-state index contributed by atoms with van der Waals surface area (Å²) in [6, 6.07) is 7.70. The molecule has 0 fully saturated rings. The van der Waals surface area contributed by atoms with Gasteiger partial charge in [-0.2, -0.15) is 0 Å². The first-order chi connectivity index (χ1) is 7.50. The number of benzene rings is 1. The van der Waals surface area contributed by atoms with Crippen LogP contribution in [0, 0.1) is 5.92 Å². The Morgan fingerprint density at radius 1 is 1.50 bits per heavy atom. The fourth-order valence-corrected chi connectivity index (χ4v) is 2.04. The molecule has 0 aliphatic carbocycles. The summed E-state index contributed by atoms with van der Waals surface area (Å²) in [4.78, 5) is 11.1. The number of hydrogen-bond acceptors (Lipinski definition) is 1. The van der Waals surface area contributed by atoms with E-state index in [0.29, 0.717) is 12.8 Å². The van der Waals surface area contributed by atoms with Crippen molar-refractivity contribution in [2.75, 3.05) is 0 Å². The molecular formula is C13H15BrO2. The third-order valence-corrected chi connectivity index (χ3v) is 3.14. The molecule has 1 aromatic rings. The van der Waals surface area contributed by atoms with Crippen LogP contribution in [-0.2, 0) is 11.2 Å². The average molecular weight is 283 g/mol. The predicted octanol–water partition coefficient (Wildman–Crippen LogP) is 3.66. The number of halogens is 1. The first-order valence-electron chi connectivity index (χ1n) is 5.11. The van der Waals surface area contributed by atoms with E-state index in [2.05, 4.69) is 22.5 Å². The predicted molar refractivity (Wildman–Crippen MR) is 68.4 cm³/mol. The maximum Gasteiger partial charge on any atom is 0.307 e. The molecule has 1 atom stereocenters. The Kier molecular flexibility index (Phi) is 4.74. The van der Waals surface area contributed by atoms with Crippen LogP contribution in [-0.4, -0.2) is 11.1 Å². The van der Waals surface area contributed by atoms with Gasteiger partial charge in [-0.05, 0) is 31.4 Å². The highest BCUT2D eigenvalue weighted by molar-refractivity contribution is 9.10. The second kappa shape index (κ2) is 5.85. The maximum absolute atomic E-state index is 11.1. The molecule has 1 unspecified atom stereocenters. The molecule has 0 amide bonds. The molecule has 0 aliphatic heterocycles. The van der Waals surface area contributed by atoms with E-state index < -0.39 is 11.9 Å². The van der Waals surface area contributed by atoms with Crippen molar-refractivity contribution in [3.8, 4) is 0 Å². The Hall–Kier alpha value is -1.09. The van der Waals surface area contributed by atoms with Gasteiger partial charge in [0, 0.05) is 4.47 Å². The van der Waals surface area contributed by atoms with Gasteiger partial charge in [-0.25, -0.2) is 0 Å². The van der Waals surface area contributed by atoms with E-state index in [0.717, 1.165) is 15.6 Å². The van der Waals surface area contributed by atoms with Crippen molar-refractivity contribution < 1.29 is 9.90 Å². The lowest BCUT2D eigenvalue weighted by atomic mass is 9.94. The molecule has 0 saturated heterocycles. The molecule has 16 heavy (non-hydrogen) atoms. The van der Waals surface area contributed by atoms with Crippen LogP contribution in [0.2, 0.25) is 0 Å². The zero-order chi connectivity index (χ0) is 12.1. The molecule has 0 aromatic heterocycles. The summed E-state index contributed by atoms with van der Waals surface area (Å²) in [7, 11) is 0. The molecule has 0 spiro atoms. The Morgan fingerprint density at radius 2 is 2.12 bits per heavy atom. The molecule has 0 saturated carbocycles. The first kappa shape index (κ1) is 13.0. The Balaban J connectivity index is 2.80. The minimum Gasteiger partial charge on any atom is -0.481 e. The number of carboxylic acids is 1. The molecule has 1 rings (SSSR count). The zero-order valence-corrected chi connectivity index (χ0v) is 10.8. The third kappa shape index (κ3) is 3.81. The summed E-state index contributed by atoms with van der Waals surface area (Å²) < 4.78 is 0.961. The fraction of sp³-hybridized carbons (Fsp3) is 0.308. The van der Waals surface area contributed by atoms with E-state index in [1.165, 1.54) is 0 Å². The highest BCUT2D eigenvalue weighted by atomic mass is 79.9. The van der Waals surface area contributed by atoms with Crippen molar-refractivity contribution in [3.63, 3.8) is 0 Å².